The molecule has 3 aromatic rings. The molecule has 0 radical (unpaired) electrons. The highest BCUT2D eigenvalue weighted by atomic mass is 32.2. The van der Waals surface area contributed by atoms with Gasteiger partial charge < -0.3 is 15.2 Å². The molecule has 0 unspecified atom stereocenters. The number of phenols is 1. The predicted molar refractivity (Wildman–Crippen MR) is 106 cm³/mol. The summed E-state index contributed by atoms with van der Waals surface area (Å²) in [6.07, 6.45) is 5.21. The summed E-state index contributed by atoms with van der Waals surface area (Å²) in [6.45, 7) is 0.327. The lowest BCUT2D eigenvalue weighted by atomic mass is 10.0. The molecule has 1 aliphatic rings. The molecule has 4 rings (SSSR count). The van der Waals surface area contributed by atoms with Gasteiger partial charge in [-0.3, -0.25) is 14.1 Å². The third kappa shape index (κ3) is 3.11. The van der Waals surface area contributed by atoms with Crippen LogP contribution in [0.4, 0.5) is 5.69 Å². The van der Waals surface area contributed by atoms with Gasteiger partial charge in [-0.2, -0.15) is 4.73 Å². The van der Waals surface area contributed by atoms with Gasteiger partial charge >= 0.3 is 0 Å². The van der Waals surface area contributed by atoms with Crippen molar-refractivity contribution < 1.29 is 23.0 Å². The molecule has 1 amide bonds. The van der Waals surface area contributed by atoms with Gasteiger partial charge in [-0.1, -0.05) is 0 Å². The fourth-order valence-corrected chi connectivity index (χ4v) is 4.10. The molecule has 0 spiro atoms. The molecule has 9 nitrogen and oxygen atoms in total. The maximum Gasteiger partial charge on any atom is 0.258 e. The molecule has 0 atom stereocenters. The molecule has 1 N–H and O–H groups in total. The number of aromatic hydroxyl groups is 1. The van der Waals surface area contributed by atoms with Crippen molar-refractivity contribution in [1.82, 2.24) is 9.88 Å². The Morgan fingerprint density at radius 1 is 1.31 bits per heavy atom. The standard InChI is InChI=1S/C19H18N4O5S/c1-21(29(2,27)28)17-13-4-3-7-20-16(13)18(24)15-14(17)11-22(19(15)25)10-12-5-8-23(26)9-6-12/h3-9,24H,10-11H2,1-2H3. The van der Waals surface area contributed by atoms with Crippen LogP contribution in [0.1, 0.15) is 21.5 Å². The largest absolute Gasteiger partial charge is 0.619 e. The zero-order valence-electron chi connectivity index (χ0n) is 15.7. The van der Waals surface area contributed by atoms with Crippen LogP contribution < -0.4 is 9.04 Å². The van der Waals surface area contributed by atoms with Crippen molar-refractivity contribution in [3.63, 3.8) is 0 Å². The quantitative estimate of drug-likeness (QED) is 0.505. The number of hydrogen-bond donors (Lipinski definition) is 1. The second-order valence-electron chi connectivity index (χ2n) is 6.91. The molecule has 10 heteroatoms. The van der Waals surface area contributed by atoms with E-state index < -0.39 is 15.9 Å². The van der Waals surface area contributed by atoms with E-state index >= 15 is 0 Å². The molecule has 1 aliphatic heterocycles. The number of pyridine rings is 2. The highest BCUT2D eigenvalue weighted by Gasteiger charge is 2.37. The topological polar surface area (TPSA) is 118 Å². The van der Waals surface area contributed by atoms with Crippen LogP contribution in [0.5, 0.6) is 5.75 Å². The number of anilines is 1. The summed E-state index contributed by atoms with van der Waals surface area (Å²) in [6, 6.07) is 6.51. The van der Waals surface area contributed by atoms with Crippen molar-refractivity contribution in [3.05, 3.63) is 64.8 Å². The summed E-state index contributed by atoms with van der Waals surface area (Å²) in [4.78, 5) is 18.7. The molecule has 0 saturated heterocycles. The van der Waals surface area contributed by atoms with Crippen LogP contribution in [0.25, 0.3) is 10.9 Å². The van der Waals surface area contributed by atoms with Crippen molar-refractivity contribution in [2.24, 2.45) is 0 Å². The minimum atomic E-state index is -3.62. The summed E-state index contributed by atoms with van der Waals surface area (Å²) >= 11 is 0. The van der Waals surface area contributed by atoms with E-state index in [1.54, 1.807) is 24.3 Å². The van der Waals surface area contributed by atoms with E-state index in [0.29, 0.717) is 21.4 Å². The number of hydrogen-bond acceptors (Lipinski definition) is 6. The van der Waals surface area contributed by atoms with Crippen LogP contribution in [0.3, 0.4) is 0 Å². The SMILES string of the molecule is CN(c1c2c(c(O)c3ncccc13)C(=O)N(Cc1cc[n+]([O-])cc1)C2)S(C)(=O)=O. The third-order valence-electron chi connectivity index (χ3n) is 5.02. The number of carbonyl (C=O) groups excluding carboxylic acids is 1. The Balaban J connectivity index is 1.88. The third-order valence-corrected chi connectivity index (χ3v) is 6.20. The number of rotatable bonds is 4. The average Bonchev–Trinajstić information content (AvgIpc) is 2.99. The lowest BCUT2D eigenvalue weighted by Crippen LogP contribution is -2.27. The van der Waals surface area contributed by atoms with Crippen molar-refractivity contribution >= 4 is 32.5 Å². The Kier molecular flexibility index (Phi) is 4.30. The highest BCUT2D eigenvalue weighted by molar-refractivity contribution is 7.92. The van der Waals surface area contributed by atoms with Crippen LogP contribution in [0.2, 0.25) is 0 Å². The second kappa shape index (κ2) is 6.59. The lowest BCUT2D eigenvalue weighted by molar-refractivity contribution is -0.605. The predicted octanol–water partition coefficient (Wildman–Crippen LogP) is 1.13. The Bertz CT molecular complexity index is 1240. The van der Waals surface area contributed by atoms with Gasteiger partial charge in [0.05, 0.1) is 17.5 Å². The van der Waals surface area contributed by atoms with Gasteiger partial charge in [0.25, 0.3) is 5.91 Å². The van der Waals surface area contributed by atoms with Crippen molar-refractivity contribution in [2.45, 2.75) is 13.1 Å². The molecule has 150 valence electrons. The van der Waals surface area contributed by atoms with Crippen molar-refractivity contribution in [3.8, 4) is 5.75 Å². The number of nitrogens with zero attached hydrogens (tertiary/aromatic N) is 4. The Labute approximate surface area is 167 Å². The Morgan fingerprint density at radius 2 is 2.00 bits per heavy atom. The minimum absolute atomic E-state index is 0.0523. The smallest absolute Gasteiger partial charge is 0.258 e. The molecule has 2 aromatic heterocycles. The summed E-state index contributed by atoms with van der Waals surface area (Å²) in [7, 11) is -2.22. The summed E-state index contributed by atoms with van der Waals surface area (Å²) in [5, 5.41) is 22.4. The lowest BCUT2D eigenvalue weighted by Gasteiger charge is -2.22. The summed E-state index contributed by atoms with van der Waals surface area (Å²) < 4.78 is 26.3. The van der Waals surface area contributed by atoms with E-state index in [1.807, 2.05) is 0 Å². The molecule has 0 bridgehead atoms. The van der Waals surface area contributed by atoms with Crippen LogP contribution in [0.15, 0.2) is 42.9 Å². The van der Waals surface area contributed by atoms with E-state index in [2.05, 4.69) is 4.98 Å². The minimum Gasteiger partial charge on any atom is -0.619 e. The van der Waals surface area contributed by atoms with Gasteiger partial charge in [0.2, 0.25) is 10.0 Å². The van der Waals surface area contributed by atoms with E-state index in [4.69, 9.17) is 0 Å². The molecular weight excluding hydrogens is 396 g/mol. The maximum absolute atomic E-state index is 13.1. The molecule has 3 heterocycles. The first-order chi connectivity index (χ1) is 13.7. The number of sulfonamides is 1. The first-order valence-electron chi connectivity index (χ1n) is 8.72. The Morgan fingerprint density at radius 3 is 2.66 bits per heavy atom. The van der Waals surface area contributed by atoms with Crippen LogP contribution in [-0.2, 0) is 23.1 Å². The second-order valence-corrected chi connectivity index (χ2v) is 8.92. The summed E-state index contributed by atoms with van der Waals surface area (Å²) in [5.41, 5.74) is 1.70. The highest BCUT2D eigenvalue weighted by Crippen LogP contribution is 2.44. The van der Waals surface area contributed by atoms with Gasteiger partial charge in [0.1, 0.15) is 5.52 Å². The molecule has 0 aliphatic carbocycles. The number of fused-ring (bicyclic) bond motifs is 2. The molecule has 0 saturated carbocycles. The van der Waals surface area contributed by atoms with Gasteiger partial charge in [-0.15, -0.1) is 0 Å². The van der Waals surface area contributed by atoms with Crippen LogP contribution >= 0.6 is 0 Å². The van der Waals surface area contributed by atoms with E-state index in [-0.39, 0.29) is 29.9 Å². The van der Waals surface area contributed by atoms with Crippen molar-refractivity contribution in [1.29, 1.82) is 0 Å². The zero-order valence-corrected chi connectivity index (χ0v) is 16.5. The van der Waals surface area contributed by atoms with Gasteiger partial charge in [-0.25, -0.2) is 8.42 Å². The number of phenolic OH excluding ortho intramolecular Hbond substituents is 1. The molecular formula is C19H18N4O5S. The number of aromatic nitrogens is 2. The maximum atomic E-state index is 13.1. The average molecular weight is 414 g/mol. The van der Waals surface area contributed by atoms with Gasteiger partial charge in [-0.05, 0) is 17.7 Å². The molecule has 0 fully saturated rings. The monoisotopic (exact) mass is 414 g/mol. The van der Waals surface area contributed by atoms with Crippen LogP contribution in [0, 0.1) is 5.21 Å². The molecule has 1 aromatic carbocycles. The Hall–Kier alpha value is -3.40. The van der Waals surface area contributed by atoms with E-state index in [0.717, 1.165) is 16.1 Å². The van der Waals surface area contributed by atoms with E-state index in [9.17, 15) is 23.5 Å². The van der Waals surface area contributed by atoms with E-state index in [1.165, 1.54) is 30.5 Å². The number of benzene rings is 1. The first-order valence-corrected chi connectivity index (χ1v) is 10.6. The number of carbonyl (C=O) groups is 1. The summed E-state index contributed by atoms with van der Waals surface area (Å²) in [5.74, 6) is -0.689. The fourth-order valence-electron chi connectivity index (χ4n) is 3.56. The first kappa shape index (κ1) is 18.9. The van der Waals surface area contributed by atoms with Gasteiger partial charge in [0.15, 0.2) is 18.1 Å². The normalized spacial score (nSPS) is 13.7. The number of amides is 1. The van der Waals surface area contributed by atoms with Crippen LogP contribution in [-0.4, -0.2) is 42.6 Å². The zero-order chi connectivity index (χ0) is 20.9. The van der Waals surface area contributed by atoms with Gasteiger partial charge in [0, 0.05) is 49.4 Å². The fraction of sp³-hybridized carbons (Fsp3) is 0.211. The molecule has 29 heavy (non-hydrogen) atoms. The van der Waals surface area contributed by atoms with Crippen molar-refractivity contribution in [2.75, 3.05) is 17.6 Å².